The summed E-state index contributed by atoms with van der Waals surface area (Å²) in [5.41, 5.74) is 3.17. The van der Waals surface area contributed by atoms with Crippen molar-refractivity contribution in [2.75, 3.05) is 7.05 Å². The Morgan fingerprint density at radius 1 is 1.19 bits per heavy atom. The summed E-state index contributed by atoms with van der Waals surface area (Å²) in [7, 11) is 1.93. The van der Waals surface area contributed by atoms with Crippen LogP contribution < -0.4 is 10.1 Å². The van der Waals surface area contributed by atoms with Crippen molar-refractivity contribution >= 4 is 23.2 Å². The second-order valence-corrected chi connectivity index (χ2v) is 5.84. The monoisotopic (exact) mass is 323 g/mol. The van der Waals surface area contributed by atoms with Crippen LogP contribution in [0.5, 0.6) is 5.75 Å². The first kappa shape index (κ1) is 16.2. The number of rotatable bonds is 5. The van der Waals surface area contributed by atoms with Gasteiger partial charge in [0.25, 0.3) is 0 Å². The summed E-state index contributed by atoms with van der Waals surface area (Å²) in [6.07, 6.45) is 0. The number of halogens is 2. The summed E-state index contributed by atoms with van der Waals surface area (Å²) < 4.78 is 5.98. The molecule has 2 rings (SSSR count). The average molecular weight is 324 g/mol. The van der Waals surface area contributed by atoms with Crippen molar-refractivity contribution in [1.29, 1.82) is 0 Å². The average Bonchev–Trinajstić information content (AvgIpc) is 2.48. The number of hydrogen-bond donors (Lipinski definition) is 1. The summed E-state index contributed by atoms with van der Waals surface area (Å²) in [6, 6.07) is 12.0. The summed E-state index contributed by atoms with van der Waals surface area (Å²) in [5.74, 6) is 0.868. The standard InChI is InChI=1S/C17H19Cl2NO/c1-11-7-8-14(12(2)20-3)16(9-11)21-10-13-5-4-6-15(18)17(13)19/h4-9,12,20H,10H2,1-3H3. The zero-order valence-corrected chi connectivity index (χ0v) is 13.9. The number of nitrogens with one attached hydrogen (secondary N) is 1. The van der Waals surface area contributed by atoms with Crippen molar-refractivity contribution in [2.45, 2.75) is 26.5 Å². The van der Waals surface area contributed by atoms with Gasteiger partial charge >= 0.3 is 0 Å². The molecule has 21 heavy (non-hydrogen) atoms. The van der Waals surface area contributed by atoms with Gasteiger partial charge in [0.05, 0.1) is 10.0 Å². The topological polar surface area (TPSA) is 21.3 Å². The van der Waals surface area contributed by atoms with Gasteiger partial charge in [0.15, 0.2) is 0 Å². The van der Waals surface area contributed by atoms with Crippen LogP contribution in [0.1, 0.15) is 29.7 Å². The normalized spacial score (nSPS) is 12.2. The van der Waals surface area contributed by atoms with Crippen LogP contribution in [-0.2, 0) is 6.61 Å². The minimum Gasteiger partial charge on any atom is -0.488 e. The van der Waals surface area contributed by atoms with Crippen molar-refractivity contribution in [3.05, 3.63) is 63.1 Å². The molecule has 0 saturated carbocycles. The third-order valence-electron chi connectivity index (χ3n) is 3.48. The molecule has 2 nitrogen and oxygen atoms in total. The van der Waals surface area contributed by atoms with E-state index in [1.54, 1.807) is 6.07 Å². The highest BCUT2D eigenvalue weighted by molar-refractivity contribution is 6.42. The molecule has 0 amide bonds. The number of hydrogen-bond acceptors (Lipinski definition) is 2. The lowest BCUT2D eigenvalue weighted by Crippen LogP contribution is -2.14. The van der Waals surface area contributed by atoms with Crippen LogP contribution in [0.25, 0.3) is 0 Å². The van der Waals surface area contributed by atoms with E-state index in [0.29, 0.717) is 16.7 Å². The molecule has 0 fully saturated rings. The summed E-state index contributed by atoms with van der Waals surface area (Å²) in [6.45, 7) is 4.54. The van der Waals surface area contributed by atoms with Gasteiger partial charge in [0, 0.05) is 17.2 Å². The molecule has 0 spiro atoms. The largest absolute Gasteiger partial charge is 0.488 e. The van der Waals surface area contributed by atoms with Gasteiger partial charge in [-0.15, -0.1) is 0 Å². The van der Waals surface area contributed by atoms with Gasteiger partial charge in [-0.3, -0.25) is 0 Å². The fourth-order valence-corrected chi connectivity index (χ4v) is 2.47. The quantitative estimate of drug-likeness (QED) is 0.820. The van der Waals surface area contributed by atoms with E-state index in [1.165, 1.54) is 0 Å². The molecular weight excluding hydrogens is 305 g/mol. The SMILES string of the molecule is CNC(C)c1ccc(C)cc1OCc1cccc(Cl)c1Cl. The van der Waals surface area contributed by atoms with Crippen molar-refractivity contribution in [2.24, 2.45) is 0 Å². The van der Waals surface area contributed by atoms with Crippen LogP contribution >= 0.6 is 23.2 Å². The molecule has 0 heterocycles. The Morgan fingerprint density at radius 3 is 2.67 bits per heavy atom. The van der Waals surface area contributed by atoms with Crippen LogP contribution in [0, 0.1) is 6.92 Å². The highest BCUT2D eigenvalue weighted by Gasteiger charge is 2.12. The van der Waals surface area contributed by atoms with E-state index < -0.39 is 0 Å². The molecule has 1 unspecified atom stereocenters. The molecule has 2 aromatic rings. The molecule has 0 aromatic heterocycles. The maximum atomic E-state index is 6.20. The fourth-order valence-electron chi connectivity index (χ4n) is 2.10. The van der Waals surface area contributed by atoms with E-state index in [9.17, 15) is 0 Å². The molecule has 0 aliphatic heterocycles. The lowest BCUT2D eigenvalue weighted by atomic mass is 10.1. The van der Waals surface area contributed by atoms with Crippen molar-refractivity contribution in [3.63, 3.8) is 0 Å². The van der Waals surface area contributed by atoms with Crippen LogP contribution in [0.3, 0.4) is 0 Å². The second-order valence-electron chi connectivity index (χ2n) is 5.05. The lowest BCUT2D eigenvalue weighted by Gasteiger charge is -2.17. The van der Waals surface area contributed by atoms with Crippen LogP contribution in [0.15, 0.2) is 36.4 Å². The Labute approximate surface area is 136 Å². The van der Waals surface area contributed by atoms with Crippen LogP contribution in [0.2, 0.25) is 10.0 Å². The third-order valence-corrected chi connectivity index (χ3v) is 4.34. The van der Waals surface area contributed by atoms with E-state index in [0.717, 1.165) is 22.4 Å². The first-order valence-corrected chi connectivity index (χ1v) is 7.62. The minimum absolute atomic E-state index is 0.218. The molecule has 0 aliphatic carbocycles. The van der Waals surface area contributed by atoms with E-state index in [4.69, 9.17) is 27.9 Å². The van der Waals surface area contributed by atoms with Crippen molar-refractivity contribution in [3.8, 4) is 5.75 Å². The molecule has 112 valence electrons. The van der Waals surface area contributed by atoms with Crippen molar-refractivity contribution < 1.29 is 4.74 Å². The smallest absolute Gasteiger partial charge is 0.124 e. The van der Waals surface area contributed by atoms with Gasteiger partial charge in [-0.05, 0) is 38.6 Å². The third kappa shape index (κ3) is 3.91. The van der Waals surface area contributed by atoms with Gasteiger partial charge < -0.3 is 10.1 Å². The van der Waals surface area contributed by atoms with Crippen molar-refractivity contribution in [1.82, 2.24) is 5.32 Å². The maximum absolute atomic E-state index is 6.20. The van der Waals surface area contributed by atoms with Gasteiger partial charge in [0.2, 0.25) is 0 Å². The summed E-state index contributed by atoms with van der Waals surface area (Å²) in [5, 5.41) is 4.33. The second kappa shape index (κ2) is 7.17. The highest BCUT2D eigenvalue weighted by atomic mass is 35.5. The summed E-state index contributed by atoms with van der Waals surface area (Å²) >= 11 is 12.2. The predicted octanol–water partition coefficient (Wildman–Crippen LogP) is 5.16. The van der Waals surface area contributed by atoms with Crippen LogP contribution in [0.4, 0.5) is 0 Å². The Hall–Kier alpha value is -1.22. The molecule has 0 bridgehead atoms. The fraction of sp³-hybridized carbons (Fsp3) is 0.294. The van der Waals surface area contributed by atoms with E-state index >= 15 is 0 Å². The number of ether oxygens (including phenoxy) is 1. The highest BCUT2D eigenvalue weighted by Crippen LogP contribution is 2.30. The van der Waals surface area contributed by atoms with Gasteiger partial charge in [-0.25, -0.2) is 0 Å². The molecule has 1 atom stereocenters. The summed E-state index contributed by atoms with van der Waals surface area (Å²) in [4.78, 5) is 0. The minimum atomic E-state index is 0.218. The molecule has 1 N–H and O–H groups in total. The van der Waals surface area contributed by atoms with Gasteiger partial charge in [0.1, 0.15) is 12.4 Å². The van der Waals surface area contributed by atoms with Crippen LogP contribution in [-0.4, -0.2) is 7.05 Å². The zero-order chi connectivity index (χ0) is 15.4. The number of benzene rings is 2. The Balaban J connectivity index is 2.23. The van der Waals surface area contributed by atoms with Gasteiger partial charge in [-0.2, -0.15) is 0 Å². The van der Waals surface area contributed by atoms with E-state index in [1.807, 2.05) is 32.2 Å². The molecule has 0 aliphatic rings. The van der Waals surface area contributed by atoms with E-state index in [2.05, 4.69) is 24.4 Å². The number of aryl methyl sites for hydroxylation is 1. The lowest BCUT2D eigenvalue weighted by molar-refractivity contribution is 0.300. The molecule has 4 heteroatoms. The van der Waals surface area contributed by atoms with E-state index in [-0.39, 0.29) is 6.04 Å². The predicted molar refractivity (Wildman–Crippen MR) is 89.4 cm³/mol. The first-order chi connectivity index (χ1) is 10.0. The Bertz CT molecular complexity index is 628. The zero-order valence-electron chi connectivity index (χ0n) is 12.4. The molecule has 0 saturated heterocycles. The Morgan fingerprint density at radius 2 is 1.95 bits per heavy atom. The first-order valence-electron chi connectivity index (χ1n) is 6.86. The Kier molecular flexibility index (Phi) is 5.51. The molecule has 2 aromatic carbocycles. The molecule has 0 radical (unpaired) electrons. The molecular formula is C17H19Cl2NO. The van der Waals surface area contributed by atoms with Gasteiger partial charge in [-0.1, -0.05) is 47.5 Å². The maximum Gasteiger partial charge on any atom is 0.124 e.